The highest BCUT2D eigenvalue weighted by atomic mass is 32.1. The van der Waals surface area contributed by atoms with Gasteiger partial charge in [0.15, 0.2) is 0 Å². The fourth-order valence-electron chi connectivity index (χ4n) is 2.63. The van der Waals surface area contributed by atoms with Crippen LogP contribution in [-0.2, 0) is 6.61 Å². The average Bonchev–Trinajstić information content (AvgIpc) is 3.29. The van der Waals surface area contributed by atoms with Gasteiger partial charge < -0.3 is 4.74 Å². The molecule has 0 saturated carbocycles. The summed E-state index contributed by atoms with van der Waals surface area (Å²) < 4.78 is 7.48. The van der Waals surface area contributed by atoms with Crippen LogP contribution >= 0.6 is 11.3 Å². The minimum Gasteiger partial charge on any atom is -0.487 e. The van der Waals surface area contributed by atoms with Crippen LogP contribution in [0.25, 0.3) is 11.0 Å². The Morgan fingerprint density at radius 1 is 1.15 bits per heavy atom. The lowest BCUT2D eigenvalue weighted by atomic mass is 10.2. The zero-order valence-electron chi connectivity index (χ0n) is 14.2. The molecule has 4 rings (SSSR count). The number of aromatic nitrogens is 2. The maximum atomic E-state index is 12.7. The summed E-state index contributed by atoms with van der Waals surface area (Å²) in [5.41, 5.74) is 6.80. The highest BCUT2D eigenvalue weighted by Gasteiger charge is 2.16. The molecule has 0 saturated heterocycles. The smallest absolute Gasteiger partial charge is 0.284 e. The van der Waals surface area contributed by atoms with E-state index in [0.29, 0.717) is 17.2 Å². The lowest BCUT2D eigenvalue weighted by Crippen LogP contribution is -2.21. The molecule has 4 aromatic rings. The van der Waals surface area contributed by atoms with E-state index in [-0.39, 0.29) is 5.91 Å². The largest absolute Gasteiger partial charge is 0.487 e. The van der Waals surface area contributed by atoms with E-state index in [4.69, 9.17) is 4.74 Å². The first-order valence-corrected chi connectivity index (χ1v) is 9.08. The molecule has 2 heterocycles. The number of para-hydroxylation sites is 2. The van der Waals surface area contributed by atoms with Gasteiger partial charge in [-0.05, 0) is 36.1 Å². The Balaban J connectivity index is 1.49. The standard InChI is InChI=1S/C20H17N3O2S/c1-14-6-8-15(9-7-14)12-25-18-10-11-26-19(18)20(24)22-23-13-21-16-4-2-3-5-17(16)23/h2-11,13H,12H2,1H3,(H,22,24). The number of carbonyl (C=O) groups excluding carboxylic acids is 1. The fraction of sp³-hybridized carbons (Fsp3) is 0.100. The summed E-state index contributed by atoms with van der Waals surface area (Å²) in [5, 5.41) is 1.85. The number of hydrogen-bond donors (Lipinski definition) is 1. The van der Waals surface area contributed by atoms with Crippen molar-refractivity contribution in [2.45, 2.75) is 13.5 Å². The van der Waals surface area contributed by atoms with Crippen LogP contribution in [0.15, 0.2) is 66.3 Å². The zero-order valence-corrected chi connectivity index (χ0v) is 15.0. The lowest BCUT2D eigenvalue weighted by Gasteiger charge is -2.09. The number of amides is 1. The third-order valence-electron chi connectivity index (χ3n) is 4.03. The summed E-state index contributed by atoms with van der Waals surface area (Å²) in [7, 11) is 0. The predicted molar refractivity (Wildman–Crippen MR) is 103 cm³/mol. The maximum absolute atomic E-state index is 12.7. The predicted octanol–water partition coefficient (Wildman–Crippen LogP) is 4.37. The normalized spacial score (nSPS) is 10.8. The van der Waals surface area contributed by atoms with Crippen molar-refractivity contribution in [2.24, 2.45) is 0 Å². The van der Waals surface area contributed by atoms with E-state index < -0.39 is 0 Å². The van der Waals surface area contributed by atoms with E-state index in [9.17, 15) is 4.79 Å². The zero-order chi connectivity index (χ0) is 17.9. The first-order chi connectivity index (χ1) is 12.7. The Morgan fingerprint density at radius 2 is 1.96 bits per heavy atom. The molecule has 2 aromatic carbocycles. The number of benzene rings is 2. The first-order valence-electron chi connectivity index (χ1n) is 8.20. The summed E-state index contributed by atoms with van der Waals surface area (Å²) in [4.78, 5) is 17.5. The van der Waals surface area contributed by atoms with Gasteiger partial charge in [0.2, 0.25) is 0 Å². The van der Waals surface area contributed by atoms with Gasteiger partial charge in [0.1, 0.15) is 23.6 Å². The molecule has 0 aliphatic rings. The van der Waals surface area contributed by atoms with Crippen molar-refractivity contribution in [3.05, 3.63) is 82.3 Å². The highest BCUT2D eigenvalue weighted by Crippen LogP contribution is 2.26. The number of carbonyl (C=O) groups is 1. The second kappa shape index (κ2) is 7.01. The molecule has 0 aliphatic carbocycles. The van der Waals surface area contributed by atoms with Gasteiger partial charge in [-0.25, -0.2) is 9.66 Å². The highest BCUT2D eigenvalue weighted by molar-refractivity contribution is 7.12. The first kappa shape index (κ1) is 16.4. The number of ether oxygens (including phenoxy) is 1. The molecule has 0 radical (unpaired) electrons. The topological polar surface area (TPSA) is 56.1 Å². The van der Waals surface area contributed by atoms with Crippen LogP contribution in [0.3, 0.4) is 0 Å². The van der Waals surface area contributed by atoms with Crippen LogP contribution in [0.2, 0.25) is 0 Å². The molecule has 1 amide bonds. The Kier molecular flexibility index (Phi) is 4.41. The van der Waals surface area contributed by atoms with E-state index in [1.165, 1.54) is 16.9 Å². The minimum absolute atomic E-state index is 0.220. The van der Waals surface area contributed by atoms with Crippen molar-refractivity contribution in [1.82, 2.24) is 9.66 Å². The molecular formula is C20H17N3O2S. The van der Waals surface area contributed by atoms with Gasteiger partial charge in [0, 0.05) is 0 Å². The molecule has 2 aromatic heterocycles. The van der Waals surface area contributed by atoms with Crippen molar-refractivity contribution >= 4 is 28.3 Å². The summed E-state index contributed by atoms with van der Waals surface area (Å²) >= 11 is 1.35. The monoisotopic (exact) mass is 363 g/mol. The third-order valence-corrected chi connectivity index (χ3v) is 4.92. The van der Waals surface area contributed by atoms with Crippen molar-refractivity contribution in [1.29, 1.82) is 0 Å². The van der Waals surface area contributed by atoms with Crippen LogP contribution in [0.1, 0.15) is 20.8 Å². The summed E-state index contributed by atoms with van der Waals surface area (Å²) in [6.07, 6.45) is 1.60. The van der Waals surface area contributed by atoms with Gasteiger partial charge in [0.05, 0.1) is 11.0 Å². The number of fused-ring (bicyclic) bond motifs is 1. The van der Waals surface area contributed by atoms with Crippen LogP contribution in [-0.4, -0.2) is 15.6 Å². The number of nitrogens with zero attached hydrogens (tertiary/aromatic N) is 2. The van der Waals surface area contributed by atoms with Gasteiger partial charge in [0.25, 0.3) is 5.91 Å². The minimum atomic E-state index is -0.220. The quantitative estimate of drug-likeness (QED) is 0.573. The molecule has 26 heavy (non-hydrogen) atoms. The number of aryl methyl sites for hydroxylation is 1. The van der Waals surface area contributed by atoms with Gasteiger partial charge in [-0.15, -0.1) is 11.3 Å². The Labute approximate surface area is 154 Å². The molecular weight excluding hydrogens is 346 g/mol. The lowest BCUT2D eigenvalue weighted by molar-refractivity contribution is 0.101. The van der Waals surface area contributed by atoms with Crippen molar-refractivity contribution < 1.29 is 9.53 Å². The molecule has 0 atom stereocenters. The molecule has 1 N–H and O–H groups in total. The van der Waals surface area contributed by atoms with Crippen LogP contribution < -0.4 is 10.2 Å². The number of nitrogens with one attached hydrogen (secondary N) is 1. The Bertz CT molecular complexity index is 1050. The SMILES string of the molecule is Cc1ccc(COc2ccsc2C(=O)Nn2cnc3ccccc32)cc1. The van der Waals surface area contributed by atoms with Gasteiger partial charge >= 0.3 is 0 Å². The van der Waals surface area contributed by atoms with E-state index in [2.05, 4.69) is 10.4 Å². The molecule has 0 fully saturated rings. The second-order valence-corrected chi connectivity index (χ2v) is 6.85. The van der Waals surface area contributed by atoms with E-state index in [0.717, 1.165) is 16.6 Å². The molecule has 130 valence electrons. The van der Waals surface area contributed by atoms with Crippen LogP contribution in [0.4, 0.5) is 0 Å². The van der Waals surface area contributed by atoms with Crippen molar-refractivity contribution in [3.8, 4) is 5.75 Å². The summed E-state index contributed by atoms with van der Waals surface area (Å²) in [6, 6.07) is 17.6. The Hall–Kier alpha value is -3.12. The van der Waals surface area contributed by atoms with E-state index in [1.807, 2.05) is 66.9 Å². The van der Waals surface area contributed by atoms with Gasteiger partial charge in [-0.2, -0.15) is 0 Å². The van der Waals surface area contributed by atoms with Gasteiger partial charge in [-0.3, -0.25) is 10.2 Å². The summed E-state index contributed by atoms with van der Waals surface area (Å²) in [6.45, 7) is 2.47. The molecule has 0 unspecified atom stereocenters. The Morgan fingerprint density at radius 3 is 2.81 bits per heavy atom. The molecule has 0 bridgehead atoms. The van der Waals surface area contributed by atoms with Gasteiger partial charge in [-0.1, -0.05) is 42.0 Å². The van der Waals surface area contributed by atoms with E-state index >= 15 is 0 Å². The second-order valence-electron chi connectivity index (χ2n) is 5.93. The third kappa shape index (κ3) is 3.32. The number of thiophene rings is 1. The van der Waals surface area contributed by atoms with Crippen LogP contribution in [0, 0.1) is 6.92 Å². The van der Waals surface area contributed by atoms with Crippen LogP contribution in [0.5, 0.6) is 5.75 Å². The molecule has 0 aliphatic heterocycles. The number of rotatable bonds is 5. The molecule has 6 heteroatoms. The molecule has 0 spiro atoms. The van der Waals surface area contributed by atoms with Crippen molar-refractivity contribution in [3.63, 3.8) is 0 Å². The van der Waals surface area contributed by atoms with E-state index in [1.54, 1.807) is 11.0 Å². The summed E-state index contributed by atoms with van der Waals surface area (Å²) in [5.74, 6) is 0.361. The molecule has 5 nitrogen and oxygen atoms in total. The van der Waals surface area contributed by atoms with Crippen molar-refractivity contribution in [2.75, 3.05) is 5.43 Å². The fourth-order valence-corrected chi connectivity index (χ4v) is 3.35. The number of hydrogen-bond acceptors (Lipinski definition) is 4. The maximum Gasteiger partial charge on any atom is 0.284 e. The average molecular weight is 363 g/mol. The number of imidazole rings is 1.